The summed E-state index contributed by atoms with van der Waals surface area (Å²) in [4.78, 5) is 13.5. The molecule has 0 heterocycles. The van der Waals surface area contributed by atoms with Gasteiger partial charge in [-0.3, -0.25) is 4.79 Å². The Kier molecular flexibility index (Phi) is 4.49. The van der Waals surface area contributed by atoms with Crippen molar-refractivity contribution in [2.24, 2.45) is 5.92 Å². The molecule has 1 aromatic carbocycles. The van der Waals surface area contributed by atoms with E-state index in [1.165, 1.54) is 4.90 Å². The monoisotopic (exact) mass is 307 g/mol. The maximum atomic E-state index is 12.2. The second-order valence-electron chi connectivity index (χ2n) is 4.63. The predicted molar refractivity (Wildman–Crippen MR) is 75.1 cm³/mol. The Balaban J connectivity index is 2.09. The molecule has 0 radical (unpaired) electrons. The predicted octanol–water partition coefficient (Wildman–Crippen LogP) is 2.97. The van der Waals surface area contributed by atoms with E-state index < -0.39 is 0 Å². The number of halogens is 2. The van der Waals surface area contributed by atoms with Crippen molar-refractivity contribution < 1.29 is 4.79 Å². The highest BCUT2D eigenvalue weighted by Gasteiger charge is 2.46. The van der Waals surface area contributed by atoms with Crippen molar-refractivity contribution in [3.05, 3.63) is 33.8 Å². The molecule has 6 heteroatoms. The van der Waals surface area contributed by atoms with Crippen molar-refractivity contribution in [1.82, 2.24) is 4.90 Å². The molecule has 1 aliphatic carbocycles. The van der Waals surface area contributed by atoms with E-state index in [2.05, 4.69) is 0 Å². The van der Waals surface area contributed by atoms with Crippen LogP contribution in [-0.2, 0) is 4.79 Å². The minimum absolute atomic E-state index is 0.0483. The highest BCUT2D eigenvalue weighted by atomic mass is 35.5. The lowest BCUT2D eigenvalue weighted by molar-refractivity contribution is -0.131. The maximum absolute atomic E-state index is 12.2. The molecular weight excluding hydrogens is 297 g/mol. The molecule has 1 saturated carbocycles. The first-order valence-electron chi connectivity index (χ1n) is 6.06. The topological polar surface area (TPSA) is 67.9 Å². The van der Waals surface area contributed by atoms with Crippen molar-refractivity contribution in [2.75, 3.05) is 13.1 Å². The smallest absolute Gasteiger partial charge is 0.228 e. The van der Waals surface area contributed by atoms with Crippen molar-refractivity contribution in [2.45, 2.75) is 12.3 Å². The minimum Gasteiger partial charge on any atom is -0.316 e. The van der Waals surface area contributed by atoms with Crippen molar-refractivity contribution in [3.8, 4) is 12.1 Å². The van der Waals surface area contributed by atoms with Gasteiger partial charge >= 0.3 is 0 Å². The number of carbonyl (C=O) groups excluding carboxylic acids is 1. The highest BCUT2D eigenvalue weighted by molar-refractivity contribution is 6.35. The Morgan fingerprint density at radius 2 is 1.95 bits per heavy atom. The molecule has 4 nitrogen and oxygen atoms in total. The molecule has 0 unspecified atom stereocenters. The fourth-order valence-corrected chi connectivity index (χ4v) is 2.78. The molecule has 0 N–H and O–H groups in total. The molecule has 1 aromatic rings. The van der Waals surface area contributed by atoms with E-state index in [9.17, 15) is 4.79 Å². The Labute approximate surface area is 127 Å². The molecule has 2 rings (SSSR count). The first-order chi connectivity index (χ1) is 9.58. The zero-order valence-corrected chi connectivity index (χ0v) is 12.0. The highest BCUT2D eigenvalue weighted by Crippen LogP contribution is 2.50. The number of amides is 1. The van der Waals surface area contributed by atoms with Crippen LogP contribution in [0.4, 0.5) is 0 Å². The van der Waals surface area contributed by atoms with Crippen LogP contribution in [-0.4, -0.2) is 23.9 Å². The van der Waals surface area contributed by atoms with Gasteiger partial charge in [0.25, 0.3) is 0 Å². The summed E-state index contributed by atoms with van der Waals surface area (Å²) in [6, 6.07) is 9.02. The molecule has 0 aromatic heterocycles. The van der Waals surface area contributed by atoms with E-state index in [1.807, 2.05) is 18.2 Å². The van der Waals surface area contributed by atoms with Crippen LogP contribution in [0.5, 0.6) is 0 Å². The molecule has 102 valence electrons. The van der Waals surface area contributed by atoms with Gasteiger partial charge < -0.3 is 4.90 Å². The van der Waals surface area contributed by atoms with E-state index >= 15 is 0 Å². The summed E-state index contributed by atoms with van der Waals surface area (Å²) < 4.78 is 0. The van der Waals surface area contributed by atoms with Crippen LogP contribution in [0.15, 0.2) is 18.2 Å². The largest absolute Gasteiger partial charge is 0.316 e. The Morgan fingerprint density at radius 1 is 1.30 bits per heavy atom. The number of carbonyl (C=O) groups is 1. The lowest BCUT2D eigenvalue weighted by atomic mass is 10.1. The van der Waals surface area contributed by atoms with Gasteiger partial charge in [0.05, 0.1) is 12.1 Å². The molecular formula is C14H11Cl2N3O. The van der Waals surface area contributed by atoms with Gasteiger partial charge in [0.2, 0.25) is 5.91 Å². The van der Waals surface area contributed by atoms with Crippen LogP contribution >= 0.6 is 23.2 Å². The zero-order valence-electron chi connectivity index (χ0n) is 10.5. The van der Waals surface area contributed by atoms with E-state index in [0.29, 0.717) is 16.5 Å². The third-order valence-electron chi connectivity index (χ3n) is 3.30. The van der Waals surface area contributed by atoms with Crippen LogP contribution < -0.4 is 0 Å². The number of benzene rings is 1. The van der Waals surface area contributed by atoms with Gasteiger partial charge in [-0.05, 0) is 30.0 Å². The van der Waals surface area contributed by atoms with E-state index in [0.717, 1.165) is 5.56 Å². The third-order valence-corrected chi connectivity index (χ3v) is 3.87. The number of hydrogen-bond donors (Lipinski definition) is 0. The van der Waals surface area contributed by atoms with Gasteiger partial charge in [-0.25, -0.2) is 0 Å². The normalized spacial score (nSPS) is 19.8. The van der Waals surface area contributed by atoms with Crippen LogP contribution in [0.25, 0.3) is 0 Å². The maximum Gasteiger partial charge on any atom is 0.228 e. The Hall–Kier alpha value is -1.75. The molecule has 0 saturated heterocycles. The second-order valence-corrected chi connectivity index (χ2v) is 5.47. The zero-order chi connectivity index (χ0) is 14.7. The summed E-state index contributed by atoms with van der Waals surface area (Å²) in [5.74, 6) is -0.313. The number of rotatable bonds is 4. The summed E-state index contributed by atoms with van der Waals surface area (Å²) in [6.45, 7) is -0.131. The summed E-state index contributed by atoms with van der Waals surface area (Å²) in [5.41, 5.74) is 0.892. The summed E-state index contributed by atoms with van der Waals surface area (Å²) in [7, 11) is 0. The lowest BCUT2D eigenvalue weighted by Crippen LogP contribution is -2.33. The quantitative estimate of drug-likeness (QED) is 0.803. The van der Waals surface area contributed by atoms with Crippen molar-refractivity contribution in [3.63, 3.8) is 0 Å². The van der Waals surface area contributed by atoms with Crippen molar-refractivity contribution in [1.29, 1.82) is 10.5 Å². The van der Waals surface area contributed by atoms with Crippen LogP contribution in [0, 0.1) is 28.6 Å². The first kappa shape index (κ1) is 14.7. The average molecular weight is 308 g/mol. The van der Waals surface area contributed by atoms with E-state index in [4.69, 9.17) is 33.7 Å². The molecule has 1 fully saturated rings. The third kappa shape index (κ3) is 3.04. The molecule has 0 aliphatic heterocycles. The fraction of sp³-hybridized carbons (Fsp3) is 0.357. The van der Waals surface area contributed by atoms with Gasteiger partial charge in [0.1, 0.15) is 13.1 Å². The Morgan fingerprint density at radius 3 is 2.50 bits per heavy atom. The van der Waals surface area contributed by atoms with Gasteiger partial charge in [-0.15, -0.1) is 0 Å². The average Bonchev–Trinajstić information content (AvgIpc) is 3.18. The van der Waals surface area contributed by atoms with E-state index in [-0.39, 0.29) is 30.8 Å². The fourth-order valence-electron chi connectivity index (χ4n) is 2.23. The van der Waals surface area contributed by atoms with Gasteiger partial charge in [-0.2, -0.15) is 10.5 Å². The SMILES string of the molecule is N#CCN(CC#N)C(=O)[C@H]1C[C@@H]1c1ccc(Cl)cc1Cl. The number of nitriles is 2. The van der Waals surface area contributed by atoms with E-state index in [1.54, 1.807) is 12.1 Å². The molecule has 20 heavy (non-hydrogen) atoms. The molecule has 1 amide bonds. The number of hydrogen-bond acceptors (Lipinski definition) is 3. The molecule has 1 aliphatic rings. The molecule has 2 atom stereocenters. The summed E-state index contributed by atoms with van der Waals surface area (Å²) in [5, 5.41) is 18.5. The minimum atomic E-state index is -0.199. The summed E-state index contributed by atoms with van der Waals surface area (Å²) in [6.07, 6.45) is 0.688. The summed E-state index contributed by atoms with van der Waals surface area (Å²) >= 11 is 12.0. The second kappa shape index (κ2) is 6.13. The standard InChI is InChI=1S/C14H11Cl2N3O/c15-9-1-2-10(13(16)7-9)11-8-12(11)14(20)19(5-3-17)6-4-18/h1-2,7,11-12H,5-6,8H2/t11-,12+/m1/s1. The van der Waals surface area contributed by atoms with Crippen LogP contribution in [0.1, 0.15) is 17.9 Å². The van der Waals surface area contributed by atoms with Crippen LogP contribution in [0.2, 0.25) is 10.0 Å². The Bertz CT molecular complexity index is 602. The molecule has 0 spiro atoms. The van der Waals surface area contributed by atoms with Gasteiger partial charge in [0.15, 0.2) is 0 Å². The van der Waals surface area contributed by atoms with Crippen LogP contribution in [0.3, 0.4) is 0 Å². The first-order valence-corrected chi connectivity index (χ1v) is 6.81. The lowest BCUT2D eigenvalue weighted by Gasteiger charge is -2.15. The van der Waals surface area contributed by atoms with Gasteiger partial charge in [0, 0.05) is 16.0 Å². The van der Waals surface area contributed by atoms with Gasteiger partial charge in [-0.1, -0.05) is 29.3 Å². The molecule has 0 bridgehead atoms. The number of nitrogens with zero attached hydrogens (tertiary/aromatic N) is 3. The van der Waals surface area contributed by atoms with Crippen molar-refractivity contribution >= 4 is 29.1 Å².